The number of nitrogens with two attached hydrogens (primary N) is 1. The van der Waals surface area contributed by atoms with Crippen LogP contribution in [0.4, 0.5) is 10.5 Å². The Morgan fingerprint density at radius 3 is 1.96 bits per heavy atom. The molecule has 0 saturated carbocycles. The number of hydrogen-bond donors (Lipinski definition) is 2. The van der Waals surface area contributed by atoms with Crippen LogP contribution in [-0.4, -0.2) is 19.2 Å². The molecule has 24 heavy (non-hydrogen) atoms. The number of urea groups is 1. The highest BCUT2D eigenvalue weighted by Gasteiger charge is 2.07. The van der Waals surface area contributed by atoms with Gasteiger partial charge in [0, 0.05) is 0 Å². The van der Waals surface area contributed by atoms with Crippen LogP contribution in [0.15, 0.2) is 54.6 Å². The molecule has 2 aromatic rings. The van der Waals surface area contributed by atoms with Gasteiger partial charge < -0.3 is 15.2 Å². The first kappa shape index (κ1) is 18.0. The number of para-hydroxylation sites is 1. The van der Waals surface area contributed by atoms with Crippen molar-refractivity contribution in [2.75, 3.05) is 17.5 Å². The van der Waals surface area contributed by atoms with Gasteiger partial charge in [0.2, 0.25) is 0 Å². The summed E-state index contributed by atoms with van der Waals surface area (Å²) in [6.07, 6.45) is 2.99. The smallest absolute Gasteiger partial charge is 0.329 e. The van der Waals surface area contributed by atoms with Crippen LogP contribution in [0.1, 0.15) is 19.3 Å². The Hall–Kier alpha value is -2.34. The Balaban J connectivity index is 1.58. The van der Waals surface area contributed by atoms with Crippen molar-refractivity contribution in [2.24, 2.45) is 5.73 Å². The van der Waals surface area contributed by atoms with Crippen LogP contribution in [0.25, 0.3) is 0 Å². The van der Waals surface area contributed by atoms with Crippen LogP contribution >= 0.6 is 12.8 Å². The molecule has 6 heteroatoms. The van der Waals surface area contributed by atoms with Crippen LogP contribution in [0, 0.1) is 0 Å². The third-order valence-corrected chi connectivity index (χ3v) is 3.79. The number of unbranched alkanes of at least 4 members (excludes halogenated alkanes) is 2. The summed E-state index contributed by atoms with van der Waals surface area (Å²) in [5, 5.41) is 0. The summed E-state index contributed by atoms with van der Waals surface area (Å²) in [4.78, 5) is 11.0. The predicted molar refractivity (Wildman–Crippen MR) is 98.8 cm³/mol. The number of amides is 2. The molecule has 0 aliphatic heterocycles. The summed E-state index contributed by atoms with van der Waals surface area (Å²) >= 11 is 4.00. The number of benzene rings is 2. The fraction of sp³-hybridized carbons (Fsp3) is 0.278. The molecule has 0 aliphatic carbocycles. The van der Waals surface area contributed by atoms with Crippen molar-refractivity contribution in [2.45, 2.75) is 19.3 Å². The molecule has 0 saturated heterocycles. The van der Waals surface area contributed by atoms with E-state index in [-0.39, 0.29) is 0 Å². The fourth-order valence-corrected chi connectivity index (χ4v) is 2.22. The van der Waals surface area contributed by atoms with E-state index in [0.29, 0.717) is 18.9 Å². The van der Waals surface area contributed by atoms with E-state index in [1.165, 1.54) is 0 Å². The largest absolute Gasteiger partial charge is 0.494 e. The molecule has 2 aromatic carbocycles. The zero-order chi connectivity index (χ0) is 17.2. The molecule has 0 fully saturated rings. The SMILES string of the molecule is NC(=O)N(S)c1ccc(OCCCCCOc2ccccc2)cc1. The van der Waals surface area contributed by atoms with Crippen LogP contribution in [0.2, 0.25) is 0 Å². The Labute approximate surface area is 147 Å². The van der Waals surface area contributed by atoms with Gasteiger partial charge in [-0.3, -0.25) is 0 Å². The second-order valence-electron chi connectivity index (χ2n) is 5.21. The molecule has 0 bridgehead atoms. The maximum Gasteiger partial charge on any atom is 0.329 e. The maximum absolute atomic E-state index is 11.0. The highest BCUT2D eigenvalue weighted by molar-refractivity contribution is 7.82. The fourth-order valence-electron chi connectivity index (χ4n) is 2.09. The van der Waals surface area contributed by atoms with Gasteiger partial charge in [-0.2, -0.15) is 0 Å². The lowest BCUT2D eigenvalue weighted by Crippen LogP contribution is -2.27. The molecule has 0 aliphatic rings. The standard InChI is InChI=1S/C18H22N2O3S/c19-18(21)20(24)15-9-11-17(12-10-15)23-14-6-2-5-13-22-16-7-3-1-4-8-16/h1,3-4,7-12,24H,2,5-6,13-14H2,(H2,19,21). The number of anilines is 1. The third-order valence-electron chi connectivity index (χ3n) is 3.36. The number of nitrogens with zero attached hydrogens (tertiary/aromatic N) is 1. The Morgan fingerprint density at radius 1 is 0.875 bits per heavy atom. The van der Waals surface area contributed by atoms with E-state index in [2.05, 4.69) is 12.8 Å². The summed E-state index contributed by atoms with van der Waals surface area (Å²) in [6, 6.07) is 16.2. The van der Waals surface area contributed by atoms with Gasteiger partial charge in [0.15, 0.2) is 0 Å². The zero-order valence-corrected chi connectivity index (χ0v) is 14.3. The highest BCUT2D eigenvalue weighted by Crippen LogP contribution is 2.20. The van der Waals surface area contributed by atoms with Crippen molar-refractivity contribution < 1.29 is 14.3 Å². The van der Waals surface area contributed by atoms with E-state index in [1.54, 1.807) is 24.3 Å². The van der Waals surface area contributed by atoms with E-state index in [0.717, 1.165) is 35.1 Å². The first-order chi connectivity index (χ1) is 11.7. The minimum absolute atomic E-state index is 0.608. The van der Waals surface area contributed by atoms with Gasteiger partial charge in [-0.1, -0.05) is 31.0 Å². The molecule has 0 radical (unpaired) electrons. The van der Waals surface area contributed by atoms with Gasteiger partial charge in [0.05, 0.1) is 18.9 Å². The molecule has 2 rings (SSSR count). The van der Waals surface area contributed by atoms with Crippen LogP contribution in [0.5, 0.6) is 11.5 Å². The maximum atomic E-state index is 11.0. The molecule has 0 heterocycles. The molecule has 128 valence electrons. The average Bonchev–Trinajstić information content (AvgIpc) is 2.61. The van der Waals surface area contributed by atoms with Crippen molar-refractivity contribution in [3.8, 4) is 11.5 Å². The number of primary amides is 1. The summed E-state index contributed by atoms with van der Waals surface area (Å²) in [7, 11) is 0. The Bertz CT molecular complexity index is 620. The van der Waals surface area contributed by atoms with Gasteiger partial charge in [0.1, 0.15) is 11.5 Å². The molecule has 0 spiro atoms. The number of carbonyl (C=O) groups is 1. The van der Waals surface area contributed by atoms with Crippen molar-refractivity contribution in [1.82, 2.24) is 0 Å². The topological polar surface area (TPSA) is 64.8 Å². The molecule has 2 N–H and O–H groups in total. The second-order valence-corrected chi connectivity index (χ2v) is 5.61. The lowest BCUT2D eigenvalue weighted by molar-refractivity contribution is 0.257. The number of thiol groups is 1. The van der Waals surface area contributed by atoms with Gasteiger partial charge in [-0.05, 0) is 55.7 Å². The molecule has 0 atom stereocenters. The molecular weight excluding hydrogens is 324 g/mol. The van der Waals surface area contributed by atoms with E-state index in [1.807, 2.05) is 30.3 Å². The van der Waals surface area contributed by atoms with Crippen molar-refractivity contribution in [3.05, 3.63) is 54.6 Å². The Morgan fingerprint density at radius 2 is 1.42 bits per heavy atom. The molecule has 0 unspecified atom stereocenters. The van der Waals surface area contributed by atoms with Crippen molar-refractivity contribution in [3.63, 3.8) is 0 Å². The number of rotatable bonds is 9. The van der Waals surface area contributed by atoms with E-state index >= 15 is 0 Å². The summed E-state index contributed by atoms with van der Waals surface area (Å²) < 4.78 is 12.4. The van der Waals surface area contributed by atoms with E-state index < -0.39 is 6.03 Å². The summed E-state index contributed by atoms with van der Waals surface area (Å²) in [6.45, 7) is 1.36. The monoisotopic (exact) mass is 346 g/mol. The quantitative estimate of drug-likeness (QED) is 0.532. The zero-order valence-electron chi connectivity index (χ0n) is 13.4. The number of hydrogen-bond acceptors (Lipinski definition) is 4. The minimum Gasteiger partial charge on any atom is -0.494 e. The predicted octanol–water partition coefficient (Wildman–Crippen LogP) is 4.04. The van der Waals surface area contributed by atoms with Crippen LogP contribution < -0.4 is 19.5 Å². The van der Waals surface area contributed by atoms with Gasteiger partial charge >= 0.3 is 6.03 Å². The first-order valence-electron chi connectivity index (χ1n) is 7.86. The Kier molecular flexibility index (Phi) is 7.29. The normalized spacial score (nSPS) is 10.2. The van der Waals surface area contributed by atoms with E-state index in [9.17, 15) is 4.79 Å². The summed E-state index contributed by atoms with van der Waals surface area (Å²) in [5.41, 5.74) is 5.76. The number of carbonyl (C=O) groups excluding carboxylic acids is 1. The average molecular weight is 346 g/mol. The van der Waals surface area contributed by atoms with Crippen LogP contribution in [-0.2, 0) is 0 Å². The minimum atomic E-state index is -0.621. The summed E-state index contributed by atoms with van der Waals surface area (Å²) in [5.74, 6) is 1.66. The van der Waals surface area contributed by atoms with E-state index in [4.69, 9.17) is 15.2 Å². The van der Waals surface area contributed by atoms with Gasteiger partial charge in [-0.25, -0.2) is 9.10 Å². The lowest BCUT2D eigenvalue weighted by Gasteiger charge is -2.13. The van der Waals surface area contributed by atoms with Crippen LogP contribution in [0.3, 0.4) is 0 Å². The molecule has 2 amide bonds. The van der Waals surface area contributed by atoms with Gasteiger partial charge in [-0.15, -0.1) is 0 Å². The second kappa shape index (κ2) is 9.72. The first-order valence-corrected chi connectivity index (χ1v) is 8.26. The highest BCUT2D eigenvalue weighted by atomic mass is 32.1. The van der Waals surface area contributed by atoms with Crippen molar-refractivity contribution in [1.29, 1.82) is 0 Å². The third kappa shape index (κ3) is 6.04. The van der Waals surface area contributed by atoms with Crippen molar-refractivity contribution >= 4 is 24.5 Å². The lowest BCUT2D eigenvalue weighted by atomic mass is 10.2. The van der Waals surface area contributed by atoms with Gasteiger partial charge in [0.25, 0.3) is 0 Å². The number of ether oxygens (including phenoxy) is 2. The molecule has 5 nitrogen and oxygen atoms in total. The molecular formula is C18H22N2O3S. The molecule has 0 aromatic heterocycles.